The summed E-state index contributed by atoms with van der Waals surface area (Å²) in [7, 11) is -3.49. The standard InChI is InChI=1S/C20H28N4O3S/c1-28(25,26)27-16-20(11-5-9-17-7-3-2-4-8-17)12-6-14-24(15-20)18-10-13-22-19(21)23-18/h2-4,7-8,10,13H,5-6,9,11-12,14-16H2,1H3,(H2,21,22,23). The van der Waals surface area contributed by atoms with E-state index in [4.69, 9.17) is 9.92 Å². The van der Waals surface area contributed by atoms with Crippen molar-refractivity contribution in [2.45, 2.75) is 32.1 Å². The topological polar surface area (TPSA) is 98.4 Å². The molecule has 1 aromatic heterocycles. The Kier molecular flexibility index (Phi) is 6.51. The molecule has 152 valence electrons. The minimum atomic E-state index is -3.49. The number of nitrogen functional groups attached to an aromatic ring is 1. The van der Waals surface area contributed by atoms with Gasteiger partial charge in [0.15, 0.2) is 0 Å². The fraction of sp³-hybridized carbons (Fsp3) is 0.500. The van der Waals surface area contributed by atoms with Crippen LogP contribution in [-0.4, -0.2) is 44.3 Å². The van der Waals surface area contributed by atoms with Gasteiger partial charge in [-0.3, -0.25) is 4.18 Å². The number of benzene rings is 1. The van der Waals surface area contributed by atoms with Crippen LogP contribution in [0.5, 0.6) is 0 Å². The highest BCUT2D eigenvalue weighted by atomic mass is 32.2. The monoisotopic (exact) mass is 404 g/mol. The van der Waals surface area contributed by atoms with Gasteiger partial charge < -0.3 is 10.6 Å². The summed E-state index contributed by atoms with van der Waals surface area (Å²) in [5.74, 6) is 1.02. The SMILES string of the molecule is CS(=O)(=O)OCC1(CCCc2ccccc2)CCCN(c2ccnc(N)n2)C1. The molecule has 1 unspecified atom stereocenters. The Labute approximate surface area is 167 Å². The maximum atomic E-state index is 11.6. The molecule has 0 bridgehead atoms. The zero-order valence-corrected chi connectivity index (χ0v) is 17.1. The highest BCUT2D eigenvalue weighted by molar-refractivity contribution is 7.85. The van der Waals surface area contributed by atoms with Gasteiger partial charge >= 0.3 is 0 Å². The maximum Gasteiger partial charge on any atom is 0.264 e. The van der Waals surface area contributed by atoms with Gasteiger partial charge in [0.25, 0.3) is 10.1 Å². The molecule has 0 amide bonds. The second-order valence-corrected chi connectivity index (χ2v) is 9.25. The summed E-state index contributed by atoms with van der Waals surface area (Å²) in [6.45, 7) is 1.74. The van der Waals surface area contributed by atoms with Crippen LogP contribution in [0, 0.1) is 5.41 Å². The van der Waals surface area contributed by atoms with E-state index in [9.17, 15) is 8.42 Å². The number of nitrogens with two attached hydrogens (primary N) is 1. The zero-order chi connectivity index (χ0) is 20.0. The van der Waals surface area contributed by atoms with Gasteiger partial charge in [-0.05, 0) is 43.7 Å². The predicted molar refractivity (Wildman–Crippen MR) is 111 cm³/mol. The van der Waals surface area contributed by atoms with Crippen molar-refractivity contribution in [2.75, 3.05) is 36.6 Å². The molecule has 2 heterocycles. The van der Waals surface area contributed by atoms with Crippen LogP contribution in [0.3, 0.4) is 0 Å². The van der Waals surface area contributed by atoms with Gasteiger partial charge in [-0.2, -0.15) is 13.4 Å². The van der Waals surface area contributed by atoms with E-state index in [1.165, 1.54) is 5.56 Å². The molecule has 8 heteroatoms. The minimum Gasteiger partial charge on any atom is -0.368 e. The van der Waals surface area contributed by atoms with Crippen LogP contribution < -0.4 is 10.6 Å². The molecule has 1 atom stereocenters. The first-order valence-electron chi connectivity index (χ1n) is 9.57. The predicted octanol–water partition coefficient (Wildman–Crippen LogP) is 2.64. The highest BCUT2D eigenvalue weighted by Gasteiger charge is 2.37. The van der Waals surface area contributed by atoms with Gasteiger partial charge in [0.2, 0.25) is 5.95 Å². The molecule has 1 aliphatic heterocycles. The quantitative estimate of drug-likeness (QED) is 0.675. The summed E-state index contributed by atoms with van der Waals surface area (Å²) in [5, 5.41) is 0. The number of piperidine rings is 1. The van der Waals surface area contributed by atoms with Crippen molar-refractivity contribution < 1.29 is 12.6 Å². The van der Waals surface area contributed by atoms with Crippen LogP contribution in [0.1, 0.15) is 31.2 Å². The number of aryl methyl sites for hydroxylation is 1. The third-order valence-electron chi connectivity index (χ3n) is 5.24. The van der Waals surface area contributed by atoms with E-state index in [2.05, 4.69) is 27.0 Å². The zero-order valence-electron chi connectivity index (χ0n) is 16.3. The van der Waals surface area contributed by atoms with Crippen molar-refractivity contribution in [3.05, 3.63) is 48.2 Å². The molecular weight excluding hydrogens is 376 g/mol. The van der Waals surface area contributed by atoms with Crippen LogP contribution >= 0.6 is 0 Å². The molecule has 2 aromatic rings. The van der Waals surface area contributed by atoms with E-state index in [1.54, 1.807) is 6.20 Å². The smallest absolute Gasteiger partial charge is 0.264 e. The Hall–Kier alpha value is -2.19. The lowest BCUT2D eigenvalue weighted by molar-refractivity contribution is 0.114. The summed E-state index contributed by atoms with van der Waals surface area (Å²) < 4.78 is 28.5. The number of aromatic nitrogens is 2. The van der Waals surface area contributed by atoms with E-state index < -0.39 is 10.1 Å². The van der Waals surface area contributed by atoms with E-state index in [0.29, 0.717) is 6.54 Å². The molecule has 7 nitrogen and oxygen atoms in total. The van der Waals surface area contributed by atoms with Gasteiger partial charge in [-0.1, -0.05) is 30.3 Å². The first-order chi connectivity index (χ1) is 13.4. The average molecular weight is 405 g/mol. The molecule has 0 aliphatic carbocycles. The summed E-state index contributed by atoms with van der Waals surface area (Å²) in [4.78, 5) is 10.5. The van der Waals surface area contributed by atoms with Gasteiger partial charge in [-0.25, -0.2) is 4.98 Å². The fourth-order valence-electron chi connectivity index (χ4n) is 3.88. The van der Waals surface area contributed by atoms with Crippen LogP contribution in [-0.2, 0) is 20.7 Å². The Morgan fingerprint density at radius 1 is 1.25 bits per heavy atom. The first-order valence-corrected chi connectivity index (χ1v) is 11.4. The van der Waals surface area contributed by atoms with Crippen LogP contribution in [0.25, 0.3) is 0 Å². The lowest BCUT2D eigenvalue weighted by Gasteiger charge is -2.43. The lowest BCUT2D eigenvalue weighted by atomic mass is 9.76. The molecule has 2 N–H and O–H groups in total. The summed E-state index contributed by atoms with van der Waals surface area (Å²) in [6.07, 6.45) is 7.44. The normalized spacial score (nSPS) is 20.2. The Morgan fingerprint density at radius 3 is 2.75 bits per heavy atom. The van der Waals surface area contributed by atoms with Crippen LogP contribution in [0.4, 0.5) is 11.8 Å². The van der Waals surface area contributed by atoms with Crippen molar-refractivity contribution in [1.82, 2.24) is 9.97 Å². The summed E-state index contributed by atoms with van der Waals surface area (Å²) in [6, 6.07) is 12.2. The van der Waals surface area contributed by atoms with Crippen molar-refractivity contribution in [2.24, 2.45) is 5.41 Å². The van der Waals surface area contributed by atoms with Crippen molar-refractivity contribution in [3.8, 4) is 0 Å². The molecule has 1 fully saturated rings. The molecular formula is C20H28N4O3S. The van der Waals surface area contributed by atoms with E-state index in [-0.39, 0.29) is 18.0 Å². The minimum absolute atomic E-state index is 0.192. The second-order valence-electron chi connectivity index (χ2n) is 7.60. The van der Waals surface area contributed by atoms with E-state index in [1.807, 2.05) is 24.3 Å². The Balaban J connectivity index is 1.73. The molecule has 0 radical (unpaired) electrons. The van der Waals surface area contributed by atoms with E-state index >= 15 is 0 Å². The molecule has 28 heavy (non-hydrogen) atoms. The van der Waals surface area contributed by atoms with Gasteiger partial charge in [0, 0.05) is 24.7 Å². The van der Waals surface area contributed by atoms with Crippen LogP contribution in [0.2, 0.25) is 0 Å². The average Bonchev–Trinajstić information content (AvgIpc) is 2.67. The second kappa shape index (κ2) is 8.87. The summed E-state index contributed by atoms with van der Waals surface area (Å²) in [5.41, 5.74) is 6.79. The highest BCUT2D eigenvalue weighted by Crippen LogP contribution is 2.37. The number of nitrogens with zero attached hydrogens (tertiary/aromatic N) is 3. The molecule has 1 saturated heterocycles. The van der Waals surface area contributed by atoms with Gasteiger partial charge in [0.1, 0.15) is 5.82 Å². The summed E-state index contributed by atoms with van der Waals surface area (Å²) >= 11 is 0. The third kappa shape index (κ3) is 5.90. The molecule has 1 aliphatic rings. The number of anilines is 2. The Morgan fingerprint density at radius 2 is 2.04 bits per heavy atom. The van der Waals surface area contributed by atoms with Gasteiger partial charge in [0.05, 0.1) is 12.9 Å². The van der Waals surface area contributed by atoms with Gasteiger partial charge in [-0.15, -0.1) is 0 Å². The Bertz CT molecular complexity index is 876. The molecule has 1 aromatic carbocycles. The largest absolute Gasteiger partial charge is 0.368 e. The molecule has 0 spiro atoms. The number of rotatable bonds is 8. The van der Waals surface area contributed by atoms with Crippen molar-refractivity contribution in [1.29, 1.82) is 0 Å². The number of hydrogen-bond donors (Lipinski definition) is 1. The fourth-order valence-corrected chi connectivity index (χ4v) is 4.35. The molecule has 0 saturated carbocycles. The van der Waals surface area contributed by atoms with Crippen LogP contribution in [0.15, 0.2) is 42.6 Å². The number of hydrogen-bond acceptors (Lipinski definition) is 7. The van der Waals surface area contributed by atoms with E-state index in [0.717, 1.165) is 50.7 Å². The molecule has 3 rings (SSSR count). The van der Waals surface area contributed by atoms with Crippen molar-refractivity contribution in [3.63, 3.8) is 0 Å². The van der Waals surface area contributed by atoms with Crippen molar-refractivity contribution >= 4 is 21.9 Å². The maximum absolute atomic E-state index is 11.6. The first kappa shape index (κ1) is 20.5. The lowest BCUT2D eigenvalue weighted by Crippen LogP contribution is -2.46. The third-order valence-corrected chi connectivity index (χ3v) is 5.79.